The Balaban J connectivity index is 2.23. The zero-order valence-corrected chi connectivity index (χ0v) is 7.09. The number of hydrogen-bond acceptors (Lipinski definition) is 2. The van der Waals surface area contributed by atoms with Gasteiger partial charge >= 0.3 is 0 Å². The summed E-state index contributed by atoms with van der Waals surface area (Å²) in [6, 6.07) is 2.56. The number of nitrogens with one attached hydrogen (secondary N) is 2. The van der Waals surface area contributed by atoms with Gasteiger partial charge in [-0.15, -0.1) is 0 Å². The largest absolute Gasteiger partial charge is 0.309 e. The second-order valence-electron chi connectivity index (χ2n) is 2.77. The van der Waals surface area contributed by atoms with Crippen molar-refractivity contribution in [2.45, 2.75) is 32.9 Å². The first-order chi connectivity index (χ1) is 5.33. The van der Waals surface area contributed by atoms with Gasteiger partial charge in [-0.05, 0) is 19.4 Å². The lowest BCUT2D eigenvalue weighted by atomic mass is 10.2. The van der Waals surface area contributed by atoms with E-state index in [2.05, 4.69) is 29.4 Å². The van der Waals surface area contributed by atoms with E-state index in [0.29, 0.717) is 6.04 Å². The molecule has 1 heterocycles. The minimum atomic E-state index is 0.582. The van der Waals surface area contributed by atoms with Crippen molar-refractivity contribution in [1.82, 2.24) is 15.5 Å². The zero-order chi connectivity index (χ0) is 8.10. The van der Waals surface area contributed by atoms with Gasteiger partial charge in [-0.1, -0.05) is 6.92 Å². The average molecular weight is 153 g/mol. The lowest BCUT2D eigenvalue weighted by Gasteiger charge is -2.08. The second-order valence-corrected chi connectivity index (χ2v) is 2.77. The Morgan fingerprint density at radius 1 is 1.73 bits per heavy atom. The van der Waals surface area contributed by atoms with E-state index in [4.69, 9.17) is 0 Å². The average Bonchev–Trinajstić information content (AvgIpc) is 2.52. The summed E-state index contributed by atoms with van der Waals surface area (Å²) in [5, 5.41) is 10.1. The van der Waals surface area contributed by atoms with E-state index < -0.39 is 0 Å². The number of nitrogens with zero attached hydrogens (tertiary/aromatic N) is 1. The molecule has 0 fully saturated rings. The fourth-order valence-corrected chi connectivity index (χ4v) is 0.812. The Kier molecular flexibility index (Phi) is 3.11. The lowest BCUT2D eigenvalue weighted by Crippen LogP contribution is -2.24. The quantitative estimate of drug-likeness (QED) is 0.684. The van der Waals surface area contributed by atoms with Crippen molar-refractivity contribution in [3.8, 4) is 0 Å². The van der Waals surface area contributed by atoms with E-state index in [-0.39, 0.29) is 0 Å². The van der Waals surface area contributed by atoms with Crippen LogP contribution in [0.25, 0.3) is 0 Å². The van der Waals surface area contributed by atoms with Gasteiger partial charge in [0, 0.05) is 24.5 Å². The van der Waals surface area contributed by atoms with Gasteiger partial charge in [0.05, 0.1) is 0 Å². The summed E-state index contributed by atoms with van der Waals surface area (Å²) in [5.41, 5.74) is 1.14. The first kappa shape index (κ1) is 8.27. The highest BCUT2D eigenvalue weighted by molar-refractivity contribution is 4.96. The molecule has 0 aliphatic carbocycles. The molecule has 0 aliphatic rings. The van der Waals surface area contributed by atoms with Crippen LogP contribution in [0.2, 0.25) is 0 Å². The maximum Gasteiger partial charge on any atom is 0.0490 e. The summed E-state index contributed by atoms with van der Waals surface area (Å²) in [5.74, 6) is 0. The van der Waals surface area contributed by atoms with Crippen LogP contribution in [0.15, 0.2) is 12.3 Å². The molecular weight excluding hydrogens is 138 g/mol. The summed E-state index contributed by atoms with van der Waals surface area (Å²) in [7, 11) is 0. The number of rotatable bonds is 4. The molecule has 11 heavy (non-hydrogen) atoms. The van der Waals surface area contributed by atoms with Gasteiger partial charge in [-0.3, -0.25) is 5.10 Å². The van der Waals surface area contributed by atoms with Crippen LogP contribution in [0.1, 0.15) is 26.0 Å². The maximum absolute atomic E-state index is 3.86. The fraction of sp³-hybridized carbons (Fsp3) is 0.625. The fourth-order valence-electron chi connectivity index (χ4n) is 0.812. The standard InChI is InChI=1S/C8H15N3/c1-3-7(2)9-6-8-4-5-10-11-8/h4-5,7,9H,3,6H2,1-2H3,(H,10,11). The summed E-state index contributed by atoms with van der Waals surface area (Å²) in [4.78, 5) is 0. The molecule has 3 heteroatoms. The minimum absolute atomic E-state index is 0.582. The zero-order valence-electron chi connectivity index (χ0n) is 7.09. The third kappa shape index (κ3) is 2.72. The molecule has 2 N–H and O–H groups in total. The maximum atomic E-state index is 3.86. The van der Waals surface area contributed by atoms with E-state index >= 15 is 0 Å². The van der Waals surface area contributed by atoms with Crippen LogP contribution in [0.3, 0.4) is 0 Å². The van der Waals surface area contributed by atoms with Crippen LogP contribution >= 0.6 is 0 Å². The number of H-pyrrole nitrogens is 1. The summed E-state index contributed by atoms with van der Waals surface area (Å²) in [6.45, 7) is 5.23. The van der Waals surface area contributed by atoms with E-state index in [0.717, 1.165) is 18.7 Å². The van der Waals surface area contributed by atoms with Gasteiger partial charge in [0.15, 0.2) is 0 Å². The van der Waals surface area contributed by atoms with E-state index in [9.17, 15) is 0 Å². The van der Waals surface area contributed by atoms with Crippen LogP contribution < -0.4 is 5.32 Å². The second kappa shape index (κ2) is 4.13. The molecule has 0 bridgehead atoms. The highest BCUT2D eigenvalue weighted by atomic mass is 15.1. The van der Waals surface area contributed by atoms with Crippen molar-refractivity contribution in [3.63, 3.8) is 0 Å². The minimum Gasteiger partial charge on any atom is -0.309 e. The topological polar surface area (TPSA) is 40.7 Å². The van der Waals surface area contributed by atoms with Crippen LogP contribution in [-0.4, -0.2) is 16.2 Å². The molecule has 0 spiro atoms. The van der Waals surface area contributed by atoms with Crippen molar-refractivity contribution >= 4 is 0 Å². The molecule has 0 radical (unpaired) electrons. The van der Waals surface area contributed by atoms with Gasteiger partial charge in [-0.2, -0.15) is 5.10 Å². The summed E-state index contributed by atoms with van der Waals surface area (Å²) in [6.07, 6.45) is 2.93. The van der Waals surface area contributed by atoms with Crippen molar-refractivity contribution in [2.24, 2.45) is 0 Å². The molecule has 0 saturated carbocycles. The Bertz CT molecular complexity index is 181. The lowest BCUT2D eigenvalue weighted by molar-refractivity contribution is 0.528. The predicted octanol–water partition coefficient (Wildman–Crippen LogP) is 1.30. The van der Waals surface area contributed by atoms with E-state index in [1.165, 1.54) is 0 Å². The molecule has 0 aromatic carbocycles. The summed E-state index contributed by atoms with van der Waals surface area (Å²) >= 11 is 0. The van der Waals surface area contributed by atoms with Crippen LogP contribution in [0, 0.1) is 0 Å². The molecule has 62 valence electrons. The number of aromatic amines is 1. The normalized spacial score (nSPS) is 13.3. The molecule has 0 aliphatic heterocycles. The van der Waals surface area contributed by atoms with Crippen molar-refractivity contribution in [1.29, 1.82) is 0 Å². The van der Waals surface area contributed by atoms with Gasteiger partial charge in [0.2, 0.25) is 0 Å². The van der Waals surface area contributed by atoms with Crippen LogP contribution in [0.5, 0.6) is 0 Å². The van der Waals surface area contributed by atoms with Gasteiger partial charge in [0.25, 0.3) is 0 Å². The van der Waals surface area contributed by atoms with Gasteiger partial charge < -0.3 is 5.32 Å². The molecule has 3 nitrogen and oxygen atoms in total. The third-order valence-corrected chi connectivity index (χ3v) is 1.81. The smallest absolute Gasteiger partial charge is 0.0490 e. The van der Waals surface area contributed by atoms with Crippen LogP contribution in [-0.2, 0) is 6.54 Å². The monoisotopic (exact) mass is 153 g/mol. The molecule has 0 amide bonds. The van der Waals surface area contributed by atoms with Crippen molar-refractivity contribution in [3.05, 3.63) is 18.0 Å². The Labute approximate surface area is 67.2 Å². The molecule has 1 aromatic heterocycles. The number of hydrogen-bond donors (Lipinski definition) is 2. The van der Waals surface area contributed by atoms with Gasteiger partial charge in [-0.25, -0.2) is 0 Å². The number of aromatic nitrogens is 2. The molecule has 0 saturated heterocycles. The Morgan fingerprint density at radius 3 is 3.09 bits per heavy atom. The highest BCUT2D eigenvalue weighted by Crippen LogP contribution is 1.93. The van der Waals surface area contributed by atoms with E-state index in [1.54, 1.807) is 6.20 Å². The summed E-state index contributed by atoms with van der Waals surface area (Å²) < 4.78 is 0. The first-order valence-corrected chi connectivity index (χ1v) is 4.04. The molecule has 1 rings (SSSR count). The molecule has 1 atom stereocenters. The molecule has 1 unspecified atom stereocenters. The predicted molar refractivity (Wildman–Crippen MR) is 45.2 cm³/mol. The molecular formula is C8H15N3. The van der Waals surface area contributed by atoms with Crippen molar-refractivity contribution < 1.29 is 0 Å². The SMILES string of the molecule is CCC(C)NCc1ccn[nH]1. The van der Waals surface area contributed by atoms with E-state index in [1.807, 2.05) is 6.07 Å². The van der Waals surface area contributed by atoms with Crippen molar-refractivity contribution in [2.75, 3.05) is 0 Å². The van der Waals surface area contributed by atoms with Gasteiger partial charge in [0.1, 0.15) is 0 Å². The highest BCUT2D eigenvalue weighted by Gasteiger charge is 1.97. The Hall–Kier alpha value is -0.830. The van der Waals surface area contributed by atoms with Crippen LogP contribution in [0.4, 0.5) is 0 Å². The molecule has 1 aromatic rings. The first-order valence-electron chi connectivity index (χ1n) is 4.04. The third-order valence-electron chi connectivity index (χ3n) is 1.81. The Morgan fingerprint density at radius 2 is 2.55 bits per heavy atom.